The molecule has 0 aromatic heterocycles. The number of ether oxygens (including phenoxy) is 1. The first-order valence-electron chi connectivity index (χ1n) is 3.50. The van der Waals surface area contributed by atoms with E-state index >= 15 is 0 Å². The van der Waals surface area contributed by atoms with Gasteiger partial charge in [0.05, 0.1) is 0 Å². The van der Waals surface area contributed by atoms with E-state index in [0.717, 1.165) is 0 Å². The number of carbonyl (C=O) groups is 1. The van der Waals surface area contributed by atoms with Gasteiger partial charge in [-0.3, -0.25) is 10.2 Å². The van der Waals surface area contributed by atoms with Crippen LogP contribution in [0.25, 0.3) is 0 Å². The number of hydrogen-bond donors (Lipinski definition) is 2. The third-order valence-corrected chi connectivity index (χ3v) is 1.27. The van der Waals surface area contributed by atoms with Crippen molar-refractivity contribution in [3.8, 4) is 5.75 Å². The molecule has 0 aliphatic heterocycles. The molecule has 1 aromatic carbocycles. The van der Waals surface area contributed by atoms with Crippen molar-refractivity contribution in [1.82, 2.24) is 5.43 Å². The Kier molecular flexibility index (Phi) is 3.10. The normalized spacial score (nSPS) is 9.08. The number of amides is 1. The van der Waals surface area contributed by atoms with Crippen molar-refractivity contribution < 1.29 is 9.53 Å². The largest absolute Gasteiger partial charge is 0.484 e. The van der Waals surface area contributed by atoms with Crippen LogP contribution in [0.4, 0.5) is 0 Å². The summed E-state index contributed by atoms with van der Waals surface area (Å²) in [5, 5.41) is 0. The van der Waals surface area contributed by atoms with Crippen LogP contribution in [0.2, 0.25) is 0 Å². The first-order chi connectivity index (χ1) is 5.83. The van der Waals surface area contributed by atoms with E-state index in [2.05, 4.69) is 0 Å². The standard InChI is InChI=1S/C8H10N2O2/c9-10-8(11)6-12-7-4-2-1-3-5-7/h1-5H,6,9H2,(H,10,11). The third kappa shape index (κ3) is 2.59. The molecule has 4 heteroatoms. The Labute approximate surface area is 70.3 Å². The molecule has 0 atom stereocenters. The second-order valence-corrected chi connectivity index (χ2v) is 2.17. The molecule has 0 aliphatic rings. The van der Waals surface area contributed by atoms with Crippen LogP contribution < -0.4 is 16.0 Å². The van der Waals surface area contributed by atoms with E-state index in [9.17, 15) is 4.79 Å². The molecule has 12 heavy (non-hydrogen) atoms. The minimum atomic E-state index is -0.348. The van der Waals surface area contributed by atoms with Gasteiger partial charge in [0.25, 0.3) is 5.91 Å². The lowest BCUT2D eigenvalue weighted by Crippen LogP contribution is -2.34. The Balaban J connectivity index is 2.38. The number of benzene rings is 1. The molecule has 0 saturated heterocycles. The smallest absolute Gasteiger partial charge is 0.271 e. The van der Waals surface area contributed by atoms with Gasteiger partial charge in [-0.05, 0) is 12.1 Å². The lowest BCUT2D eigenvalue weighted by Gasteiger charge is -2.03. The molecule has 1 amide bonds. The summed E-state index contributed by atoms with van der Waals surface area (Å²) in [5.41, 5.74) is 1.97. The summed E-state index contributed by atoms with van der Waals surface area (Å²) in [6.45, 7) is -0.0550. The van der Waals surface area contributed by atoms with Crippen LogP contribution in [0.3, 0.4) is 0 Å². The van der Waals surface area contributed by atoms with Gasteiger partial charge in [-0.25, -0.2) is 5.84 Å². The van der Waals surface area contributed by atoms with Crippen molar-refractivity contribution in [3.05, 3.63) is 30.3 Å². The fraction of sp³-hybridized carbons (Fsp3) is 0.125. The lowest BCUT2D eigenvalue weighted by atomic mass is 10.3. The van der Waals surface area contributed by atoms with E-state index < -0.39 is 0 Å². The minimum absolute atomic E-state index is 0.0550. The zero-order valence-corrected chi connectivity index (χ0v) is 6.49. The predicted molar refractivity (Wildman–Crippen MR) is 44.3 cm³/mol. The first-order valence-corrected chi connectivity index (χ1v) is 3.50. The molecule has 64 valence electrons. The first kappa shape index (κ1) is 8.55. The van der Waals surface area contributed by atoms with Gasteiger partial charge in [0.15, 0.2) is 6.61 Å². The summed E-state index contributed by atoms with van der Waals surface area (Å²) in [5.74, 6) is 5.16. The van der Waals surface area contributed by atoms with Crippen LogP contribution in [0.15, 0.2) is 30.3 Å². The summed E-state index contributed by atoms with van der Waals surface area (Å²) < 4.78 is 5.07. The molecule has 0 heterocycles. The number of hydrogen-bond acceptors (Lipinski definition) is 3. The monoisotopic (exact) mass is 166 g/mol. The Morgan fingerprint density at radius 1 is 1.42 bits per heavy atom. The average molecular weight is 166 g/mol. The molecular formula is C8H10N2O2. The fourth-order valence-corrected chi connectivity index (χ4v) is 0.707. The summed E-state index contributed by atoms with van der Waals surface area (Å²) >= 11 is 0. The van der Waals surface area contributed by atoms with Crippen LogP contribution in [0, 0.1) is 0 Å². The zero-order chi connectivity index (χ0) is 8.81. The fourth-order valence-electron chi connectivity index (χ4n) is 0.707. The summed E-state index contributed by atoms with van der Waals surface area (Å²) in [7, 11) is 0. The second kappa shape index (κ2) is 4.35. The summed E-state index contributed by atoms with van der Waals surface area (Å²) in [6.07, 6.45) is 0. The maximum Gasteiger partial charge on any atom is 0.271 e. The van der Waals surface area contributed by atoms with E-state index in [-0.39, 0.29) is 12.5 Å². The van der Waals surface area contributed by atoms with Gasteiger partial charge in [0, 0.05) is 0 Å². The van der Waals surface area contributed by atoms with Gasteiger partial charge in [0.1, 0.15) is 5.75 Å². The highest BCUT2D eigenvalue weighted by Crippen LogP contribution is 2.07. The molecule has 0 unspecified atom stereocenters. The van der Waals surface area contributed by atoms with E-state index in [0.29, 0.717) is 5.75 Å². The number of carbonyl (C=O) groups excluding carboxylic acids is 1. The molecule has 0 radical (unpaired) electrons. The highest BCUT2D eigenvalue weighted by molar-refractivity contribution is 5.76. The van der Waals surface area contributed by atoms with Crippen molar-refractivity contribution in [3.63, 3.8) is 0 Å². The van der Waals surface area contributed by atoms with Gasteiger partial charge >= 0.3 is 0 Å². The summed E-state index contributed by atoms with van der Waals surface area (Å²) in [4.78, 5) is 10.6. The Morgan fingerprint density at radius 3 is 2.67 bits per heavy atom. The molecule has 0 aliphatic carbocycles. The van der Waals surface area contributed by atoms with Crippen LogP contribution in [-0.2, 0) is 4.79 Å². The van der Waals surface area contributed by atoms with Crippen LogP contribution >= 0.6 is 0 Å². The zero-order valence-electron chi connectivity index (χ0n) is 6.49. The number of nitrogens with two attached hydrogens (primary N) is 1. The van der Waals surface area contributed by atoms with Gasteiger partial charge in [-0.2, -0.15) is 0 Å². The van der Waals surface area contributed by atoms with Crippen LogP contribution in [-0.4, -0.2) is 12.5 Å². The second-order valence-electron chi connectivity index (χ2n) is 2.17. The highest BCUT2D eigenvalue weighted by atomic mass is 16.5. The minimum Gasteiger partial charge on any atom is -0.484 e. The average Bonchev–Trinajstić information content (AvgIpc) is 2.16. The van der Waals surface area contributed by atoms with E-state index in [1.54, 1.807) is 12.1 Å². The van der Waals surface area contributed by atoms with Gasteiger partial charge < -0.3 is 4.74 Å². The Morgan fingerprint density at radius 2 is 2.08 bits per heavy atom. The molecule has 0 spiro atoms. The highest BCUT2D eigenvalue weighted by Gasteiger charge is 1.97. The van der Waals surface area contributed by atoms with Gasteiger partial charge in [0.2, 0.25) is 0 Å². The SMILES string of the molecule is NNC(=O)COc1ccccc1. The molecule has 0 fully saturated rings. The summed E-state index contributed by atoms with van der Waals surface area (Å²) in [6, 6.07) is 9.06. The number of rotatable bonds is 3. The number of nitrogens with one attached hydrogen (secondary N) is 1. The van der Waals surface area contributed by atoms with Gasteiger partial charge in [-0.15, -0.1) is 0 Å². The van der Waals surface area contributed by atoms with Gasteiger partial charge in [-0.1, -0.05) is 18.2 Å². The molecule has 4 nitrogen and oxygen atoms in total. The number of hydrazine groups is 1. The maximum absolute atomic E-state index is 10.6. The van der Waals surface area contributed by atoms with Crippen LogP contribution in [0.5, 0.6) is 5.75 Å². The maximum atomic E-state index is 10.6. The van der Waals surface area contributed by atoms with E-state index in [4.69, 9.17) is 10.6 Å². The Bertz CT molecular complexity index is 248. The van der Waals surface area contributed by atoms with Crippen molar-refractivity contribution in [2.75, 3.05) is 6.61 Å². The molecular weight excluding hydrogens is 156 g/mol. The van der Waals surface area contributed by atoms with Crippen molar-refractivity contribution >= 4 is 5.91 Å². The van der Waals surface area contributed by atoms with E-state index in [1.807, 2.05) is 23.6 Å². The van der Waals surface area contributed by atoms with Crippen molar-refractivity contribution in [1.29, 1.82) is 0 Å². The molecule has 3 N–H and O–H groups in total. The topological polar surface area (TPSA) is 64.3 Å². The number of para-hydroxylation sites is 1. The quantitative estimate of drug-likeness (QED) is 0.379. The predicted octanol–water partition coefficient (Wildman–Crippen LogP) is 0.0553. The Hall–Kier alpha value is -1.55. The van der Waals surface area contributed by atoms with Crippen LogP contribution in [0.1, 0.15) is 0 Å². The van der Waals surface area contributed by atoms with Crippen molar-refractivity contribution in [2.24, 2.45) is 5.84 Å². The molecule has 0 bridgehead atoms. The van der Waals surface area contributed by atoms with Crippen molar-refractivity contribution in [2.45, 2.75) is 0 Å². The lowest BCUT2D eigenvalue weighted by molar-refractivity contribution is -0.123. The molecule has 1 aromatic rings. The molecule has 0 saturated carbocycles. The van der Waals surface area contributed by atoms with E-state index in [1.165, 1.54) is 0 Å². The third-order valence-electron chi connectivity index (χ3n) is 1.27. The molecule has 1 rings (SSSR count).